The number of hydrogen-bond acceptors (Lipinski definition) is 5. The normalized spacial score (nSPS) is 20.2. The lowest BCUT2D eigenvalue weighted by Crippen LogP contribution is -2.41. The van der Waals surface area contributed by atoms with Gasteiger partial charge in [-0.05, 0) is 33.8 Å². The number of rotatable bonds is 4. The summed E-state index contributed by atoms with van der Waals surface area (Å²) in [5.74, 6) is -0.200. The van der Waals surface area contributed by atoms with Gasteiger partial charge in [0, 0.05) is 12.6 Å². The van der Waals surface area contributed by atoms with E-state index in [0.717, 1.165) is 0 Å². The first-order chi connectivity index (χ1) is 9.27. The zero-order valence-electron chi connectivity index (χ0n) is 12.5. The maximum absolute atomic E-state index is 14.1. The molecule has 1 aromatic rings. The van der Waals surface area contributed by atoms with Gasteiger partial charge in [-0.15, -0.1) is 0 Å². The summed E-state index contributed by atoms with van der Waals surface area (Å²) in [6.07, 6.45) is 0. The molecule has 0 radical (unpaired) electrons. The van der Waals surface area contributed by atoms with E-state index in [0.29, 0.717) is 11.3 Å². The van der Waals surface area contributed by atoms with Crippen LogP contribution < -0.4 is 10.8 Å². The van der Waals surface area contributed by atoms with Gasteiger partial charge in [-0.2, -0.15) is 4.39 Å². The molecule has 2 rings (SSSR count). The highest BCUT2D eigenvalue weighted by Gasteiger charge is 2.52. The van der Waals surface area contributed by atoms with Crippen molar-refractivity contribution in [2.75, 3.05) is 19.2 Å². The third kappa shape index (κ3) is 2.80. The third-order valence-corrected chi connectivity index (χ3v) is 3.78. The average molecular weight is 282 g/mol. The molecule has 0 aromatic carbocycles. The van der Waals surface area contributed by atoms with E-state index in [-0.39, 0.29) is 6.73 Å². The maximum Gasteiger partial charge on any atom is 0.499 e. The molecule has 1 aromatic heterocycles. The minimum absolute atomic E-state index is 0.266. The van der Waals surface area contributed by atoms with E-state index in [9.17, 15) is 4.39 Å². The fourth-order valence-electron chi connectivity index (χ4n) is 1.84. The second-order valence-corrected chi connectivity index (χ2v) is 5.77. The van der Waals surface area contributed by atoms with Crippen molar-refractivity contribution in [2.45, 2.75) is 38.9 Å². The summed E-state index contributed by atoms with van der Waals surface area (Å²) in [4.78, 5) is 3.83. The summed E-state index contributed by atoms with van der Waals surface area (Å²) >= 11 is 0. The number of anilines is 1. The highest BCUT2D eigenvalue weighted by Crippen LogP contribution is 2.36. The van der Waals surface area contributed by atoms with Gasteiger partial charge in [-0.3, -0.25) is 0 Å². The van der Waals surface area contributed by atoms with Gasteiger partial charge in [0.25, 0.3) is 0 Å². The smallest absolute Gasteiger partial charge is 0.399 e. The van der Waals surface area contributed by atoms with Crippen molar-refractivity contribution in [2.24, 2.45) is 0 Å². The van der Waals surface area contributed by atoms with Crippen molar-refractivity contribution in [1.82, 2.24) is 4.98 Å². The molecule has 0 bridgehead atoms. The van der Waals surface area contributed by atoms with Crippen LogP contribution >= 0.6 is 0 Å². The molecule has 0 amide bonds. The topological polar surface area (TPSA) is 52.6 Å². The maximum atomic E-state index is 14.1. The Morgan fingerprint density at radius 2 is 1.85 bits per heavy atom. The Labute approximate surface area is 119 Å². The zero-order chi connectivity index (χ0) is 15.0. The Morgan fingerprint density at radius 3 is 2.35 bits per heavy atom. The van der Waals surface area contributed by atoms with E-state index in [1.165, 1.54) is 0 Å². The molecule has 1 aliphatic heterocycles. The first-order valence-electron chi connectivity index (χ1n) is 6.52. The van der Waals surface area contributed by atoms with Gasteiger partial charge in [0.05, 0.1) is 11.2 Å². The molecule has 0 atom stereocenters. The van der Waals surface area contributed by atoms with Gasteiger partial charge in [0.2, 0.25) is 5.95 Å². The number of aromatic nitrogens is 1. The fourth-order valence-corrected chi connectivity index (χ4v) is 1.84. The van der Waals surface area contributed by atoms with E-state index in [4.69, 9.17) is 14.0 Å². The first-order valence-corrected chi connectivity index (χ1v) is 6.52. The summed E-state index contributed by atoms with van der Waals surface area (Å²) in [7, 11) is 0.797. The van der Waals surface area contributed by atoms with Crippen molar-refractivity contribution in [3.05, 3.63) is 18.1 Å². The van der Waals surface area contributed by atoms with Crippen LogP contribution in [-0.4, -0.2) is 37.1 Å². The van der Waals surface area contributed by atoms with Gasteiger partial charge in [0.15, 0.2) is 0 Å². The molecule has 1 aliphatic rings. The quantitative estimate of drug-likeness (QED) is 0.515. The highest BCUT2D eigenvalue weighted by molar-refractivity contribution is 6.62. The van der Waals surface area contributed by atoms with Crippen molar-refractivity contribution in [3.63, 3.8) is 0 Å². The summed E-state index contributed by atoms with van der Waals surface area (Å²) in [6, 6.07) is 3.28. The molecule has 1 fully saturated rings. The average Bonchev–Trinajstić information content (AvgIpc) is 2.55. The van der Waals surface area contributed by atoms with Crippen molar-refractivity contribution in [3.8, 4) is 0 Å². The molecule has 5 nitrogen and oxygen atoms in total. The summed E-state index contributed by atoms with van der Waals surface area (Å²) in [5, 5.41) is 2.83. The predicted octanol–water partition coefficient (Wildman–Crippen LogP) is 1.54. The number of halogens is 1. The molecule has 0 saturated carbocycles. The number of nitrogens with one attached hydrogen (secondary N) is 1. The fraction of sp³-hybridized carbons (Fsp3) is 0.615. The number of pyridine rings is 1. The van der Waals surface area contributed by atoms with Gasteiger partial charge in [-0.25, -0.2) is 4.98 Å². The second kappa shape index (κ2) is 5.31. The SMILES string of the molecule is COCNc1ccc(B2OC(C)(C)C(C)(C)O2)c(F)n1. The van der Waals surface area contributed by atoms with Crippen LogP contribution in [0.1, 0.15) is 27.7 Å². The lowest BCUT2D eigenvalue weighted by atomic mass is 9.80. The molecule has 0 aliphatic carbocycles. The molecule has 0 unspecified atom stereocenters. The highest BCUT2D eigenvalue weighted by atomic mass is 19.1. The van der Waals surface area contributed by atoms with E-state index in [1.807, 2.05) is 27.7 Å². The van der Waals surface area contributed by atoms with Crippen LogP contribution in [0.5, 0.6) is 0 Å². The molecule has 7 heteroatoms. The number of methoxy groups -OCH3 is 1. The number of nitrogens with zero attached hydrogens (tertiary/aromatic N) is 1. The molecule has 1 saturated heterocycles. The Bertz CT molecular complexity index is 481. The summed E-state index contributed by atoms with van der Waals surface area (Å²) in [6.45, 7) is 7.96. The lowest BCUT2D eigenvalue weighted by molar-refractivity contribution is 0.00578. The van der Waals surface area contributed by atoms with E-state index in [1.54, 1.807) is 19.2 Å². The monoisotopic (exact) mass is 282 g/mol. The molecule has 1 N–H and O–H groups in total. The van der Waals surface area contributed by atoms with Crippen molar-refractivity contribution in [1.29, 1.82) is 0 Å². The second-order valence-electron chi connectivity index (χ2n) is 5.77. The molecular weight excluding hydrogens is 262 g/mol. The molecular formula is C13H20BFN2O3. The van der Waals surface area contributed by atoms with Crippen molar-refractivity contribution < 1.29 is 18.4 Å². The van der Waals surface area contributed by atoms with Crippen LogP contribution in [-0.2, 0) is 14.0 Å². The molecule has 20 heavy (non-hydrogen) atoms. The Hall–Kier alpha value is -1.18. The van der Waals surface area contributed by atoms with Crippen LogP contribution in [0.2, 0.25) is 0 Å². The minimum atomic E-state index is -0.746. The third-order valence-electron chi connectivity index (χ3n) is 3.78. The van der Waals surface area contributed by atoms with Crippen molar-refractivity contribution >= 4 is 18.4 Å². The van der Waals surface area contributed by atoms with Crippen LogP contribution in [0.25, 0.3) is 0 Å². The Balaban J connectivity index is 2.19. The number of ether oxygens (including phenoxy) is 1. The van der Waals surface area contributed by atoms with Crippen LogP contribution in [0, 0.1) is 5.95 Å². The Morgan fingerprint density at radius 1 is 1.25 bits per heavy atom. The predicted molar refractivity (Wildman–Crippen MR) is 75.4 cm³/mol. The van der Waals surface area contributed by atoms with Gasteiger partial charge in [-0.1, -0.05) is 6.07 Å². The van der Waals surface area contributed by atoms with Crippen LogP contribution in [0.15, 0.2) is 12.1 Å². The van der Waals surface area contributed by atoms with Crippen LogP contribution in [0.3, 0.4) is 0 Å². The van der Waals surface area contributed by atoms with E-state index >= 15 is 0 Å². The largest absolute Gasteiger partial charge is 0.499 e. The minimum Gasteiger partial charge on any atom is -0.399 e. The molecule has 110 valence electrons. The first kappa shape index (κ1) is 15.2. The lowest BCUT2D eigenvalue weighted by Gasteiger charge is -2.32. The summed E-state index contributed by atoms with van der Waals surface area (Å²) < 4.78 is 30.5. The standard InChI is InChI=1S/C13H20BFN2O3/c1-12(2)13(3,4)20-14(19-12)9-6-7-10(16-8-18-5)17-11(9)15/h6-7H,8H2,1-5H3,(H,16,17). The Kier molecular flexibility index (Phi) is 4.04. The van der Waals surface area contributed by atoms with E-state index in [2.05, 4.69) is 10.3 Å². The molecule has 0 spiro atoms. The van der Waals surface area contributed by atoms with Gasteiger partial charge < -0.3 is 19.4 Å². The van der Waals surface area contributed by atoms with Gasteiger partial charge in [0.1, 0.15) is 12.5 Å². The van der Waals surface area contributed by atoms with Crippen LogP contribution in [0.4, 0.5) is 10.2 Å². The summed E-state index contributed by atoms with van der Waals surface area (Å²) in [5.41, 5.74) is -0.708. The molecule has 2 heterocycles. The zero-order valence-corrected chi connectivity index (χ0v) is 12.5. The van der Waals surface area contributed by atoms with Gasteiger partial charge >= 0.3 is 7.12 Å². The number of hydrogen-bond donors (Lipinski definition) is 1. The van der Waals surface area contributed by atoms with E-state index < -0.39 is 24.3 Å².